The summed E-state index contributed by atoms with van der Waals surface area (Å²) in [4.78, 5) is 0. The van der Waals surface area contributed by atoms with E-state index >= 15 is 0 Å². The van der Waals surface area contributed by atoms with E-state index < -0.39 is 33.0 Å². The van der Waals surface area contributed by atoms with E-state index in [4.69, 9.17) is 9.81 Å². The topological polar surface area (TPSA) is 102 Å². The van der Waals surface area contributed by atoms with E-state index in [1.54, 1.807) is 0 Å². The zero-order chi connectivity index (χ0) is 12.3. The van der Waals surface area contributed by atoms with Gasteiger partial charge in [-0.15, -0.1) is 4.33 Å². The molecule has 13 heteroatoms. The van der Waals surface area contributed by atoms with Crippen LogP contribution in [0.15, 0.2) is 0 Å². The first kappa shape index (κ1) is 14.8. The van der Waals surface area contributed by atoms with E-state index in [0.717, 1.165) is 0 Å². The van der Waals surface area contributed by atoms with Crippen molar-refractivity contribution in [2.24, 2.45) is 0 Å². The highest BCUT2D eigenvalue weighted by atomic mass is 32.2. The Bertz CT molecular complexity index is 300. The van der Waals surface area contributed by atoms with E-state index in [-0.39, 0.29) is 0 Å². The molecular weight excluding hydrogens is 276 g/mol. The maximum atomic E-state index is 12.2. The molecule has 0 heterocycles. The fourth-order valence-corrected chi connectivity index (χ4v) is 0.774. The van der Waals surface area contributed by atoms with Gasteiger partial charge in [-0.05, 0) is 0 Å². The molecule has 0 aliphatic carbocycles. The summed E-state index contributed by atoms with van der Waals surface area (Å²) in [7, 11) is -6.17. The Kier molecular flexibility index (Phi) is 4.71. The number of ether oxygens (including phenoxy) is 1. The van der Waals surface area contributed by atoms with Gasteiger partial charge in [0.05, 0.1) is 0 Å². The highest BCUT2D eigenvalue weighted by Crippen LogP contribution is 2.38. The Hall–Kier alpha value is -0.180. The Morgan fingerprint density at radius 3 is 2.00 bits per heavy atom. The van der Waals surface area contributed by atoms with Crippen molar-refractivity contribution in [3.63, 3.8) is 0 Å². The van der Waals surface area contributed by atoms with Crippen LogP contribution in [0, 0.1) is 0 Å². The molecule has 92 valence electrons. The van der Waals surface area contributed by atoms with Crippen molar-refractivity contribution < 1.29 is 49.9 Å². The fourth-order valence-electron chi connectivity index (χ4n) is 0.263. The molecule has 0 saturated heterocycles. The van der Waals surface area contributed by atoms with Crippen molar-refractivity contribution in [3.8, 4) is 0 Å². The minimum absolute atomic E-state index is 1.26. The minimum Gasteiger partial charge on any atom is -0.279 e. The van der Waals surface area contributed by atoms with Crippen molar-refractivity contribution in [1.29, 1.82) is 0 Å². The second-order valence-electron chi connectivity index (χ2n) is 1.73. The van der Waals surface area contributed by atoms with Gasteiger partial charge < -0.3 is 0 Å². The molecule has 0 spiro atoms. The first-order valence-electron chi connectivity index (χ1n) is 2.60. The van der Waals surface area contributed by atoms with E-state index in [1.807, 2.05) is 0 Å². The summed E-state index contributed by atoms with van der Waals surface area (Å²) in [6.45, 7) is 0. The molecular formula is C2H2F4O7S2. The smallest absolute Gasteiger partial charge is 0.279 e. The Labute approximate surface area is 83.7 Å². The maximum absolute atomic E-state index is 12.2. The third kappa shape index (κ3) is 4.92. The molecule has 0 aromatic heterocycles. The summed E-state index contributed by atoms with van der Waals surface area (Å²) in [5.74, 6) is 0. The normalized spacial score (nSPS) is 14.3. The average Bonchev–Trinajstić information content (AvgIpc) is 1.96. The summed E-state index contributed by atoms with van der Waals surface area (Å²) >= 11 is -1.26. The largest absolute Gasteiger partial charge is 0.493 e. The van der Waals surface area contributed by atoms with Gasteiger partial charge in [-0.25, -0.2) is 9.99 Å². The van der Waals surface area contributed by atoms with Crippen LogP contribution in [0.5, 0.6) is 0 Å². The van der Waals surface area contributed by atoms with Crippen molar-refractivity contribution in [2.75, 3.05) is 0 Å². The first-order chi connectivity index (χ1) is 6.52. The molecule has 0 fully saturated rings. The lowest BCUT2D eigenvalue weighted by molar-refractivity contribution is -0.436. The molecule has 7 nitrogen and oxygen atoms in total. The monoisotopic (exact) mass is 278 g/mol. The summed E-state index contributed by atoms with van der Waals surface area (Å²) in [5, 5.41) is 10.0. The lowest BCUT2D eigenvalue weighted by atomic mass is 11.3. The van der Waals surface area contributed by atoms with Gasteiger partial charge in [0.25, 0.3) is 0 Å². The van der Waals surface area contributed by atoms with Crippen LogP contribution in [0.25, 0.3) is 0 Å². The third-order valence-electron chi connectivity index (χ3n) is 0.699. The van der Waals surface area contributed by atoms with E-state index in [9.17, 15) is 26.0 Å². The summed E-state index contributed by atoms with van der Waals surface area (Å²) in [6, 6.07) is 0. The van der Waals surface area contributed by atoms with E-state index in [0.29, 0.717) is 0 Å². The molecule has 2 N–H and O–H groups in total. The molecule has 0 radical (unpaired) electrons. The molecule has 0 bridgehead atoms. The Morgan fingerprint density at radius 1 is 1.20 bits per heavy atom. The first-order valence-corrected chi connectivity index (χ1v) is 4.79. The van der Waals surface area contributed by atoms with Crippen LogP contribution in [-0.4, -0.2) is 29.1 Å². The molecule has 0 aromatic rings. The summed E-state index contributed by atoms with van der Waals surface area (Å²) < 4.78 is 81.6. The SMILES string of the molecule is O=S(=O)(O)C(F)(F)OC(F)(F)SOOO. The summed E-state index contributed by atoms with van der Waals surface area (Å²) in [6.07, 6.45) is 0. The van der Waals surface area contributed by atoms with Gasteiger partial charge in [-0.2, -0.15) is 26.0 Å². The van der Waals surface area contributed by atoms with E-state index in [2.05, 4.69) is 14.1 Å². The lowest BCUT2D eigenvalue weighted by Gasteiger charge is -2.18. The Balaban J connectivity index is 4.58. The van der Waals surface area contributed by atoms with Crippen LogP contribution >= 0.6 is 12.0 Å². The van der Waals surface area contributed by atoms with Crippen LogP contribution in [0.2, 0.25) is 0 Å². The van der Waals surface area contributed by atoms with Crippen LogP contribution < -0.4 is 0 Å². The molecule has 0 atom stereocenters. The number of alkyl halides is 4. The molecule has 0 amide bonds. The second kappa shape index (κ2) is 4.77. The lowest BCUT2D eigenvalue weighted by Crippen LogP contribution is -2.37. The highest BCUT2D eigenvalue weighted by Gasteiger charge is 2.55. The van der Waals surface area contributed by atoms with Gasteiger partial charge in [0.2, 0.25) is 0 Å². The molecule has 15 heavy (non-hydrogen) atoms. The van der Waals surface area contributed by atoms with Crippen LogP contribution in [0.4, 0.5) is 17.6 Å². The standard InChI is InChI=1S/C2H2F4O7S2/c3-1(4,14-13-12-7)11-2(5,6)15(8,9)10/h7H,(H,8,9,10). The quantitative estimate of drug-likeness (QED) is 0.186. The maximum Gasteiger partial charge on any atom is 0.493 e. The fraction of sp³-hybridized carbons (Fsp3) is 1.00. The predicted octanol–water partition coefficient (Wildman–Crippen LogP) is 1.06. The zero-order valence-electron chi connectivity index (χ0n) is 6.26. The minimum atomic E-state index is -6.17. The van der Waals surface area contributed by atoms with Gasteiger partial charge >= 0.3 is 21.0 Å². The van der Waals surface area contributed by atoms with Crippen molar-refractivity contribution in [1.82, 2.24) is 0 Å². The van der Waals surface area contributed by atoms with Crippen LogP contribution in [0.1, 0.15) is 0 Å². The molecule has 0 saturated carbocycles. The number of hydrogen-bond donors (Lipinski definition) is 2. The van der Waals surface area contributed by atoms with Crippen LogP contribution in [-0.2, 0) is 24.2 Å². The average molecular weight is 278 g/mol. The second-order valence-corrected chi connectivity index (χ2v) is 3.93. The van der Waals surface area contributed by atoms with Crippen molar-refractivity contribution >= 4 is 22.2 Å². The molecule has 0 unspecified atom stereocenters. The zero-order valence-corrected chi connectivity index (χ0v) is 7.90. The van der Waals surface area contributed by atoms with Crippen molar-refractivity contribution in [3.05, 3.63) is 0 Å². The van der Waals surface area contributed by atoms with Crippen LogP contribution in [0.3, 0.4) is 0 Å². The number of hydrogen-bond acceptors (Lipinski definition) is 7. The van der Waals surface area contributed by atoms with Gasteiger partial charge in [0.1, 0.15) is 12.0 Å². The summed E-state index contributed by atoms with van der Waals surface area (Å²) in [5.41, 5.74) is -10.4. The number of rotatable bonds is 6. The molecule has 0 aliphatic rings. The highest BCUT2D eigenvalue weighted by molar-refractivity contribution is 7.95. The van der Waals surface area contributed by atoms with Gasteiger partial charge in [-0.3, -0.25) is 4.55 Å². The molecule has 0 rings (SSSR count). The molecule has 0 aromatic carbocycles. The predicted molar refractivity (Wildman–Crippen MR) is 34.9 cm³/mol. The Morgan fingerprint density at radius 2 is 1.67 bits per heavy atom. The van der Waals surface area contributed by atoms with E-state index in [1.165, 1.54) is 0 Å². The van der Waals surface area contributed by atoms with Gasteiger partial charge in [0.15, 0.2) is 0 Å². The van der Waals surface area contributed by atoms with Gasteiger partial charge in [-0.1, -0.05) is 5.04 Å². The molecule has 0 aliphatic heterocycles. The number of halogens is 4. The van der Waals surface area contributed by atoms with Gasteiger partial charge in [0, 0.05) is 0 Å². The third-order valence-corrected chi connectivity index (χ3v) is 1.79. The van der Waals surface area contributed by atoms with Crippen molar-refractivity contribution in [2.45, 2.75) is 10.9 Å².